The van der Waals surface area contributed by atoms with Crippen LogP contribution < -0.4 is 5.32 Å². The van der Waals surface area contributed by atoms with Gasteiger partial charge in [0.2, 0.25) is 19.7 Å². The Morgan fingerprint density at radius 1 is 0.612 bits per heavy atom. The molecule has 6 nitrogen and oxygen atoms in total. The number of rotatable bonds is 10. The van der Waals surface area contributed by atoms with Crippen molar-refractivity contribution < 1.29 is 30.4 Å². The lowest BCUT2D eigenvalue weighted by Gasteiger charge is -2.07. The Hall–Kier alpha value is -4.04. The number of nitrogens with one attached hydrogen (secondary N) is 1. The fraction of sp³-hybridized carbons (Fsp3) is 0.0833. The fourth-order valence-corrected chi connectivity index (χ4v) is 10.8. The first-order valence-electron chi connectivity index (χ1n) is 14.6. The smallest absolute Gasteiger partial charge is 0.216 e. The average Bonchev–Trinajstić information content (AvgIpc) is 3.75. The minimum atomic E-state index is -3.83. The molecule has 0 saturated heterocycles. The minimum absolute atomic E-state index is 0. The van der Waals surface area contributed by atoms with Crippen molar-refractivity contribution in [1.82, 2.24) is 5.32 Å². The first-order valence-corrected chi connectivity index (χ1v) is 19.2. The molecule has 49 heavy (non-hydrogen) atoms. The van der Waals surface area contributed by atoms with Gasteiger partial charge < -0.3 is 5.32 Å². The Bertz CT molecular complexity index is 2260. The number of benzene rings is 4. The number of carbonyl (C=O) groups excluding carboxylic acids is 1. The second-order valence-electron chi connectivity index (χ2n) is 10.3. The van der Waals surface area contributed by atoms with Crippen LogP contribution in [-0.4, -0.2) is 29.7 Å². The van der Waals surface area contributed by atoms with Gasteiger partial charge in [0, 0.05) is 33.7 Å². The Balaban J connectivity index is 0.000000217. The van der Waals surface area contributed by atoms with Crippen LogP contribution in [0.1, 0.15) is 21.5 Å². The molecule has 0 radical (unpaired) electrons. The van der Waals surface area contributed by atoms with Crippen LogP contribution in [0.4, 0.5) is 8.78 Å². The topological polar surface area (TPSA) is 97.4 Å². The summed E-state index contributed by atoms with van der Waals surface area (Å²) in [6, 6.07) is 31.5. The third-order valence-corrected chi connectivity index (χ3v) is 13.9. The molecule has 4 aromatic carbocycles. The van der Waals surface area contributed by atoms with Gasteiger partial charge >= 0.3 is 0 Å². The predicted octanol–water partition coefficient (Wildman–Crippen LogP) is 9.12. The quantitative estimate of drug-likeness (QED) is 0.140. The van der Waals surface area contributed by atoms with E-state index in [9.17, 15) is 30.4 Å². The molecular formula is C36H30ClF2NO5S4. The maximum absolute atomic E-state index is 14.3. The van der Waals surface area contributed by atoms with Crippen LogP contribution in [0.2, 0.25) is 0 Å². The molecule has 2 heterocycles. The maximum atomic E-state index is 14.3. The molecule has 0 unspecified atom stereocenters. The van der Waals surface area contributed by atoms with Gasteiger partial charge in [-0.15, -0.1) is 35.1 Å². The van der Waals surface area contributed by atoms with Gasteiger partial charge in [-0.25, -0.2) is 25.6 Å². The largest absolute Gasteiger partial charge is 0.312 e. The van der Waals surface area contributed by atoms with E-state index in [1.54, 1.807) is 78.9 Å². The number of halogens is 3. The van der Waals surface area contributed by atoms with Crippen molar-refractivity contribution in [2.75, 3.05) is 6.54 Å². The van der Waals surface area contributed by atoms with E-state index in [1.165, 1.54) is 53.8 Å². The first-order chi connectivity index (χ1) is 23.1. The summed E-state index contributed by atoms with van der Waals surface area (Å²) in [6.45, 7) is 3.30. The fourth-order valence-electron chi connectivity index (χ4n) is 4.76. The van der Waals surface area contributed by atoms with E-state index >= 15 is 0 Å². The maximum Gasteiger partial charge on any atom is 0.216 e. The van der Waals surface area contributed by atoms with Crippen molar-refractivity contribution in [1.29, 1.82) is 0 Å². The Labute approximate surface area is 298 Å². The van der Waals surface area contributed by atoms with Crippen molar-refractivity contribution in [2.45, 2.75) is 31.7 Å². The van der Waals surface area contributed by atoms with Gasteiger partial charge in [-0.05, 0) is 55.1 Å². The van der Waals surface area contributed by atoms with E-state index in [0.29, 0.717) is 24.0 Å². The molecular weight excluding hydrogens is 728 g/mol. The SMILES string of the molecule is CCNCc1cc(-c2ccccc2F)c(S(=O)(=O)c2ccccc2)s1.Cl.O=Cc1cc(-c2ccccc2F)c(S(=O)(=O)c2ccccc2)s1. The van der Waals surface area contributed by atoms with Crippen LogP contribution in [-0.2, 0) is 26.2 Å². The van der Waals surface area contributed by atoms with Gasteiger partial charge in [-0.1, -0.05) is 79.7 Å². The highest BCUT2D eigenvalue weighted by molar-refractivity contribution is 7.94. The second-order valence-corrected chi connectivity index (χ2v) is 16.8. The highest BCUT2D eigenvalue weighted by atomic mass is 35.5. The summed E-state index contributed by atoms with van der Waals surface area (Å²) in [6.07, 6.45) is 0.568. The lowest BCUT2D eigenvalue weighted by Crippen LogP contribution is -2.10. The van der Waals surface area contributed by atoms with Gasteiger partial charge in [0.15, 0.2) is 6.29 Å². The third-order valence-electron chi connectivity index (χ3n) is 7.05. The molecule has 0 atom stereocenters. The summed E-state index contributed by atoms with van der Waals surface area (Å²) in [5.74, 6) is -0.966. The Morgan fingerprint density at radius 3 is 1.49 bits per heavy atom. The Kier molecular flexibility index (Phi) is 12.8. The summed E-state index contributed by atoms with van der Waals surface area (Å²) in [4.78, 5) is 12.5. The number of aldehydes is 1. The van der Waals surface area contributed by atoms with Crippen LogP contribution in [0, 0.1) is 11.6 Å². The molecule has 0 aliphatic rings. The predicted molar refractivity (Wildman–Crippen MR) is 193 cm³/mol. The van der Waals surface area contributed by atoms with E-state index in [4.69, 9.17) is 0 Å². The van der Waals surface area contributed by atoms with E-state index in [1.807, 2.05) is 6.92 Å². The lowest BCUT2D eigenvalue weighted by atomic mass is 10.1. The van der Waals surface area contributed by atoms with E-state index in [0.717, 1.165) is 22.8 Å². The average molecular weight is 758 g/mol. The molecule has 13 heteroatoms. The van der Waals surface area contributed by atoms with Crippen LogP contribution in [0.25, 0.3) is 22.3 Å². The molecule has 0 aliphatic carbocycles. The zero-order valence-corrected chi connectivity index (χ0v) is 30.0. The highest BCUT2D eigenvalue weighted by Gasteiger charge is 2.27. The molecule has 0 aliphatic heterocycles. The monoisotopic (exact) mass is 757 g/mol. The summed E-state index contributed by atoms with van der Waals surface area (Å²) in [7, 11) is -7.55. The lowest BCUT2D eigenvalue weighted by molar-refractivity contribution is 0.112. The van der Waals surface area contributed by atoms with Crippen molar-refractivity contribution >= 4 is 61.0 Å². The second kappa shape index (κ2) is 16.6. The summed E-state index contributed by atoms with van der Waals surface area (Å²) in [5, 5.41) is 3.18. The van der Waals surface area contributed by atoms with Gasteiger partial charge in [-0.2, -0.15) is 0 Å². The van der Waals surface area contributed by atoms with Gasteiger partial charge in [-0.3, -0.25) is 4.79 Å². The van der Waals surface area contributed by atoms with E-state index in [-0.39, 0.29) is 46.6 Å². The molecule has 1 N–H and O–H groups in total. The molecule has 6 rings (SSSR count). The summed E-state index contributed by atoms with van der Waals surface area (Å²) >= 11 is 2.03. The van der Waals surface area contributed by atoms with Crippen molar-refractivity contribution in [3.05, 3.63) is 143 Å². The number of hydrogen-bond donors (Lipinski definition) is 1. The van der Waals surface area contributed by atoms with Crippen molar-refractivity contribution in [3.63, 3.8) is 0 Å². The van der Waals surface area contributed by atoms with E-state index in [2.05, 4.69) is 5.32 Å². The van der Waals surface area contributed by atoms with Crippen LogP contribution in [0.15, 0.2) is 140 Å². The highest BCUT2D eigenvalue weighted by Crippen LogP contribution is 2.40. The minimum Gasteiger partial charge on any atom is -0.312 e. The van der Waals surface area contributed by atoms with Crippen LogP contribution in [0.3, 0.4) is 0 Å². The zero-order valence-electron chi connectivity index (χ0n) is 25.9. The summed E-state index contributed by atoms with van der Waals surface area (Å²) < 4.78 is 80.4. The molecule has 0 bridgehead atoms. The molecule has 0 fully saturated rings. The molecule has 0 amide bonds. The molecule has 6 aromatic rings. The number of hydrogen-bond acceptors (Lipinski definition) is 8. The molecule has 0 spiro atoms. The van der Waals surface area contributed by atoms with Gasteiger partial charge in [0.1, 0.15) is 20.1 Å². The standard InChI is InChI=1S/C19H18FNO2S2.C17H11FO3S2.ClH/c1-2-21-13-14-12-17(16-10-6-7-11-18(16)20)19(24-14)25(22,23)15-8-4-3-5-9-15;18-16-9-5-4-8-14(16)15-10-12(11-19)22-17(15)23(20,21)13-6-2-1-3-7-13;/h3-12,21H,2,13H2,1H3;1-11H;1H. The van der Waals surface area contributed by atoms with Crippen molar-refractivity contribution in [3.8, 4) is 22.3 Å². The molecule has 0 saturated carbocycles. The van der Waals surface area contributed by atoms with E-state index < -0.39 is 31.3 Å². The van der Waals surface area contributed by atoms with Crippen LogP contribution in [0.5, 0.6) is 0 Å². The van der Waals surface area contributed by atoms with Crippen molar-refractivity contribution in [2.24, 2.45) is 0 Å². The summed E-state index contributed by atoms with van der Waals surface area (Å²) in [5.41, 5.74) is 1.08. The molecule has 254 valence electrons. The number of thiophene rings is 2. The van der Waals surface area contributed by atoms with Crippen LogP contribution >= 0.6 is 35.1 Å². The third kappa shape index (κ3) is 8.41. The Morgan fingerprint density at radius 2 is 1.04 bits per heavy atom. The number of sulfone groups is 2. The zero-order chi connectivity index (χ0) is 34.3. The molecule has 2 aromatic heterocycles. The normalized spacial score (nSPS) is 11.2. The number of carbonyl (C=O) groups is 1. The first kappa shape index (κ1) is 37.8. The van der Waals surface area contributed by atoms with Gasteiger partial charge in [0.25, 0.3) is 0 Å². The van der Waals surface area contributed by atoms with Gasteiger partial charge in [0.05, 0.1) is 14.7 Å².